The quantitative estimate of drug-likeness (QED) is 0.845. The second-order valence-electron chi connectivity index (χ2n) is 6.36. The summed E-state index contributed by atoms with van der Waals surface area (Å²) in [5.41, 5.74) is 0.538. The van der Waals surface area contributed by atoms with Crippen LogP contribution in [0.15, 0.2) is 54.6 Å². The molecular formula is C19H20FNO3S. The maximum Gasteiger partial charge on any atom is 0.211 e. The summed E-state index contributed by atoms with van der Waals surface area (Å²) in [6.07, 6.45) is 1.61. The lowest BCUT2D eigenvalue weighted by Gasteiger charge is -2.32. The van der Waals surface area contributed by atoms with Gasteiger partial charge in [-0.15, -0.1) is 0 Å². The summed E-state index contributed by atoms with van der Waals surface area (Å²) in [7, 11) is -3.37. The number of halogens is 1. The molecule has 1 atom stereocenters. The van der Waals surface area contributed by atoms with Crippen molar-refractivity contribution in [2.45, 2.75) is 18.3 Å². The molecule has 0 N–H and O–H groups in total. The average molecular weight is 361 g/mol. The van der Waals surface area contributed by atoms with E-state index in [0.29, 0.717) is 12.0 Å². The van der Waals surface area contributed by atoms with Crippen molar-refractivity contribution in [3.8, 4) is 0 Å². The van der Waals surface area contributed by atoms with Gasteiger partial charge in [0, 0.05) is 19.5 Å². The van der Waals surface area contributed by atoms with Gasteiger partial charge < -0.3 is 0 Å². The molecular weight excluding hydrogens is 341 g/mol. The number of carbonyl (C=O) groups is 1. The van der Waals surface area contributed by atoms with Gasteiger partial charge in [-0.25, -0.2) is 17.1 Å². The third-order valence-corrected chi connectivity index (χ3v) is 6.18. The minimum atomic E-state index is -3.37. The standard InChI is InChI=1S/C19H20FNO3S/c1-25(23,24)21-13-11-18(22)19(12-14-21,15-5-3-2-4-6-15)16-7-9-17(20)10-8-16/h2-10H,11-14H2,1H3. The van der Waals surface area contributed by atoms with Crippen molar-refractivity contribution in [2.75, 3.05) is 19.3 Å². The Morgan fingerprint density at radius 1 is 0.960 bits per heavy atom. The van der Waals surface area contributed by atoms with Crippen LogP contribution in [-0.4, -0.2) is 37.9 Å². The largest absolute Gasteiger partial charge is 0.298 e. The molecule has 6 heteroatoms. The van der Waals surface area contributed by atoms with E-state index in [0.717, 1.165) is 11.8 Å². The minimum absolute atomic E-state index is 0.0449. The smallest absolute Gasteiger partial charge is 0.211 e. The van der Waals surface area contributed by atoms with Crippen LogP contribution in [0.5, 0.6) is 0 Å². The van der Waals surface area contributed by atoms with Crippen LogP contribution >= 0.6 is 0 Å². The third-order valence-electron chi connectivity index (χ3n) is 4.87. The van der Waals surface area contributed by atoms with Crippen LogP contribution < -0.4 is 0 Å². The van der Waals surface area contributed by atoms with Gasteiger partial charge in [-0.05, 0) is 29.7 Å². The van der Waals surface area contributed by atoms with Crippen LogP contribution in [0.3, 0.4) is 0 Å². The highest BCUT2D eigenvalue weighted by Gasteiger charge is 2.44. The summed E-state index contributed by atoms with van der Waals surface area (Å²) >= 11 is 0. The number of ketones is 1. The van der Waals surface area contributed by atoms with E-state index >= 15 is 0 Å². The Morgan fingerprint density at radius 2 is 1.56 bits per heavy atom. The topological polar surface area (TPSA) is 54.5 Å². The predicted molar refractivity (Wildman–Crippen MR) is 94.3 cm³/mol. The lowest BCUT2D eigenvalue weighted by molar-refractivity contribution is -0.122. The molecule has 1 aliphatic heterocycles. The molecule has 4 nitrogen and oxygen atoms in total. The number of rotatable bonds is 3. The van der Waals surface area contributed by atoms with Gasteiger partial charge in [0.25, 0.3) is 0 Å². The van der Waals surface area contributed by atoms with Crippen molar-refractivity contribution in [1.82, 2.24) is 4.31 Å². The summed E-state index contributed by atoms with van der Waals surface area (Å²) in [6, 6.07) is 15.2. The molecule has 0 bridgehead atoms. The summed E-state index contributed by atoms with van der Waals surface area (Å²) in [4.78, 5) is 13.2. The van der Waals surface area contributed by atoms with Crippen molar-refractivity contribution in [1.29, 1.82) is 0 Å². The Balaban J connectivity index is 2.14. The van der Waals surface area contributed by atoms with E-state index in [1.807, 2.05) is 30.3 Å². The molecule has 0 aliphatic carbocycles. The fraction of sp³-hybridized carbons (Fsp3) is 0.316. The highest BCUT2D eigenvalue weighted by molar-refractivity contribution is 7.88. The molecule has 25 heavy (non-hydrogen) atoms. The molecule has 2 aromatic rings. The summed E-state index contributed by atoms with van der Waals surface area (Å²) in [5, 5.41) is 0. The van der Waals surface area contributed by atoms with Crippen LogP contribution in [0.25, 0.3) is 0 Å². The number of hydrogen-bond donors (Lipinski definition) is 0. The Bertz CT molecular complexity index is 865. The molecule has 1 heterocycles. The Hall–Kier alpha value is -2.05. The Morgan fingerprint density at radius 3 is 2.16 bits per heavy atom. The average Bonchev–Trinajstić information content (AvgIpc) is 2.76. The van der Waals surface area contributed by atoms with Gasteiger partial charge in [0.2, 0.25) is 10.0 Å². The van der Waals surface area contributed by atoms with Gasteiger partial charge in [-0.2, -0.15) is 0 Å². The second kappa shape index (κ2) is 6.69. The van der Waals surface area contributed by atoms with Crippen molar-refractivity contribution in [3.63, 3.8) is 0 Å². The Kier molecular flexibility index (Phi) is 4.75. The van der Waals surface area contributed by atoms with E-state index in [1.54, 1.807) is 12.1 Å². The molecule has 1 unspecified atom stereocenters. The SMILES string of the molecule is CS(=O)(=O)N1CCC(=O)C(c2ccccc2)(c2ccc(F)cc2)CC1. The molecule has 1 saturated heterocycles. The molecule has 0 saturated carbocycles. The van der Waals surface area contributed by atoms with Gasteiger partial charge in [0.15, 0.2) is 0 Å². The molecule has 3 rings (SSSR count). The summed E-state index contributed by atoms with van der Waals surface area (Å²) in [5.74, 6) is -0.415. The van der Waals surface area contributed by atoms with Crippen molar-refractivity contribution in [3.05, 3.63) is 71.5 Å². The lowest BCUT2D eigenvalue weighted by atomic mass is 9.68. The van der Waals surface area contributed by atoms with E-state index in [1.165, 1.54) is 16.4 Å². The normalized spacial score (nSPS) is 22.6. The Labute approximate surface area is 147 Å². The van der Waals surface area contributed by atoms with E-state index in [2.05, 4.69) is 0 Å². The van der Waals surface area contributed by atoms with Crippen molar-refractivity contribution in [2.24, 2.45) is 0 Å². The minimum Gasteiger partial charge on any atom is -0.298 e. The molecule has 0 radical (unpaired) electrons. The zero-order chi connectivity index (χ0) is 18.1. The van der Waals surface area contributed by atoms with Crippen LogP contribution in [-0.2, 0) is 20.2 Å². The zero-order valence-electron chi connectivity index (χ0n) is 14.0. The van der Waals surface area contributed by atoms with E-state index in [9.17, 15) is 17.6 Å². The van der Waals surface area contributed by atoms with Crippen LogP contribution in [0, 0.1) is 5.82 Å². The molecule has 1 fully saturated rings. The molecule has 2 aromatic carbocycles. The number of Topliss-reactive ketones (excluding diaryl/α,β-unsaturated/α-hetero) is 1. The number of sulfonamides is 1. The fourth-order valence-electron chi connectivity index (χ4n) is 3.55. The summed E-state index contributed by atoms with van der Waals surface area (Å²) in [6.45, 7) is 0.421. The van der Waals surface area contributed by atoms with Crippen molar-refractivity contribution < 1.29 is 17.6 Å². The van der Waals surface area contributed by atoms with Crippen LogP contribution in [0.2, 0.25) is 0 Å². The first-order valence-corrected chi connectivity index (χ1v) is 9.99. The molecule has 132 valence electrons. The van der Waals surface area contributed by atoms with Crippen LogP contribution in [0.1, 0.15) is 24.0 Å². The first-order chi connectivity index (χ1) is 11.8. The number of hydrogen-bond acceptors (Lipinski definition) is 3. The summed E-state index contributed by atoms with van der Waals surface area (Å²) < 4.78 is 38.6. The highest BCUT2D eigenvalue weighted by Crippen LogP contribution is 2.39. The highest BCUT2D eigenvalue weighted by atomic mass is 32.2. The second-order valence-corrected chi connectivity index (χ2v) is 8.35. The van der Waals surface area contributed by atoms with Gasteiger partial charge >= 0.3 is 0 Å². The third kappa shape index (κ3) is 3.37. The molecule has 0 spiro atoms. The van der Waals surface area contributed by atoms with Gasteiger partial charge in [-0.3, -0.25) is 4.79 Å². The molecule has 0 amide bonds. The monoisotopic (exact) mass is 361 g/mol. The maximum absolute atomic E-state index is 13.4. The van der Waals surface area contributed by atoms with Crippen LogP contribution in [0.4, 0.5) is 4.39 Å². The first-order valence-electron chi connectivity index (χ1n) is 8.14. The van der Waals surface area contributed by atoms with Gasteiger partial charge in [-0.1, -0.05) is 42.5 Å². The lowest BCUT2D eigenvalue weighted by Crippen LogP contribution is -2.37. The predicted octanol–water partition coefficient (Wildman–Crippen LogP) is 2.74. The van der Waals surface area contributed by atoms with Gasteiger partial charge in [0.1, 0.15) is 11.6 Å². The van der Waals surface area contributed by atoms with E-state index < -0.39 is 15.4 Å². The van der Waals surface area contributed by atoms with Crippen molar-refractivity contribution >= 4 is 15.8 Å². The zero-order valence-corrected chi connectivity index (χ0v) is 14.8. The number of benzene rings is 2. The van der Waals surface area contributed by atoms with E-state index in [4.69, 9.17) is 0 Å². The molecule has 0 aromatic heterocycles. The number of nitrogens with zero attached hydrogens (tertiary/aromatic N) is 1. The molecule has 1 aliphatic rings. The number of carbonyl (C=O) groups excluding carboxylic acids is 1. The van der Waals surface area contributed by atoms with E-state index in [-0.39, 0.29) is 31.1 Å². The maximum atomic E-state index is 13.4. The van der Waals surface area contributed by atoms with Gasteiger partial charge in [0.05, 0.1) is 11.7 Å². The first kappa shape index (κ1) is 17.8. The fourth-order valence-corrected chi connectivity index (χ4v) is 4.40.